The Hall–Kier alpha value is -3.05. The van der Waals surface area contributed by atoms with Crippen LogP contribution in [0.2, 0.25) is 0 Å². The van der Waals surface area contributed by atoms with E-state index in [1.165, 1.54) is 27.8 Å². The van der Waals surface area contributed by atoms with Gasteiger partial charge >= 0.3 is 6.09 Å². The van der Waals surface area contributed by atoms with Gasteiger partial charge in [0.2, 0.25) is 0 Å². The van der Waals surface area contributed by atoms with Crippen molar-refractivity contribution in [2.24, 2.45) is 4.99 Å². The van der Waals surface area contributed by atoms with Gasteiger partial charge in [0.1, 0.15) is 6.61 Å². The summed E-state index contributed by atoms with van der Waals surface area (Å²) < 4.78 is 5.96. The molecule has 2 heterocycles. The van der Waals surface area contributed by atoms with Crippen LogP contribution in [-0.4, -0.2) is 47.0 Å². The highest BCUT2D eigenvalue weighted by Crippen LogP contribution is 2.44. The molecule has 0 spiro atoms. The number of carbonyl (C=O) groups is 1. The average Bonchev–Trinajstić information content (AvgIpc) is 3.61. The molecule has 3 aromatic carbocycles. The number of thioether (sulfide) groups is 1. The van der Waals surface area contributed by atoms with Gasteiger partial charge in [-0.25, -0.2) is 4.79 Å². The number of benzene rings is 3. The van der Waals surface area contributed by atoms with Crippen molar-refractivity contribution in [1.82, 2.24) is 4.90 Å². The maximum atomic E-state index is 13.2. The summed E-state index contributed by atoms with van der Waals surface area (Å²) in [5.74, 6) is 1.07. The minimum absolute atomic E-state index is 0.0569. The number of carbonyl (C=O) groups excluding carboxylic acids is 1. The number of likely N-dealkylation sites (tertiary alicyclic amines) is 1. The van der Waals surface area contributed by atoms with E-state index in [0.29, 0.717) is 6.61 Å². The summed E-state index contributed by atoms with van der Waals surface area (Å²) in [5, 5.41) is 1.10. The molecule has 0 aromatic heterocycles. The van der Waals surface area contributed by atoms with E-state index in [4.69, 9.17) is 9.73 Å². The van der Waals surface area contributed by atoms with E-state index in [1.54, 1.807) is 0 Å². The minimum atomic E-state index is -0.209. The molecule has 2 aliphatic heterocycles. The summed E-state index contributed by atoms with van der Waals surface area (Å²) in [5.41, 5.74) is 6.31. The Morgan fingerprint density at radius 1 is 0.941 bits per heavy atom. The standard InChI is InChI=1S/C29H28N2O2S/c32-29(33-18-26-24-13-6-4-11-22(24)23-12-5-7-14-25(23)26)31-16-8-15-27(31)28-30-21(19-34-28)17-20-9-2-1-3-10-20/h1-7,9-14,21,26-27H,8,15-19H2/t21-,27+/m1/s1. The van der Waals surface area contributed by atoms with Gasteiger partial charge in [-0.1, -0.05) is 78.9 Å². The number of fused-ring (bicyclic) bond motifs is 3. The lowest BCUT2D eigenvalue weighted by Crippen LogP contribution is -2.40. The first kappa shape index (κ1) is 21.5. The van der Waals surface area contributed by atoms with E-state index in [9.17, 15) is 4.79 Å². The first-order valence-electron chi connectivity index (χ1n) is 12.1. The van der Waals surface area contributed by atoms with Crippen LogP contribution in [0.1, 0.15) is 35.4 Å². The molecular weight excluding hydrogens is 440 g/mol. The van der Waals surface area contributed by atoms with Crippen LogP contribution in [-0.2, 0) is 11.2 Å². The van der Waals surface area contributed by atoms with Crippen LogP contribution in [0.4, 0.5) is 4.79 Å². The lowest BCUT2D eigenvalue weighted by Gasteiger charge is -2.25. The number of amides is 1. The predicted molar refractivity (Wildman–Crippen MR) is 139 cm³/mol. The highest BCUT2D eigenvalue weighted by Gasteiger charge is 2.37. The molecule has 3 aromatic rings. The lowest BCUT2D eigenvalue weighted by atomic mass is 9.98. The molecule has 0 bridgehead atoms. The number of rotatable bonds is 5. The Labute approximate surface area is 205 Å². The van der Waals surface area contributed by atoms with Crippen molar-refractivity contribution in [3.05, 3.63) is 95.6 Å². The van der Waals surface area contributed by atoms with Crippen LogP contribution in [0.5, 0.6) is 0 Å². The summed E-state index contributed by atoms with van der Waals surface area (Å²) in [4.78, 5) is 20.1. The van der Waals surface area contributed by atoms with Crippen LogP contribution in [0.25, 0.3) is 11.1 Å². The van der Waals surface area contributed by atoms with Crippen LogP contribution in [0, 0.1) is 0 Å². The fraction of sp³-hybridized carbons (Fsp3) is 0.310. The molecule has 5 heteroatoms. The Balaban J connectivity index is 1.13. The second kappa shape index (κ2) is 9.30. The number of nitrogens with zero attached hydrogens (tertiary/aromatic N) is 2. The van der Waals surface area contributed by atoms with Crippen LogP contribution in [0.3, 0.4) is 0 Å². The van der Waals surface area contributed by atoms with Gasteiger partial charge in [-0.05, 0) is 47.1 Å². The number of ether oxygens (including phenoxy) is 1. The van der Waals surface area contributed by atoms with Gasteiger partial charge in [0.25, 0.3) is 0 Å². The van der Waals surface area contributed by atoms with Crippen molar-refractivity contribution in [2.45, 2.75) is 37.3 Å². The summed E-state index contributed by atoms with van der Waals surface area (Å²) in [6.45, 7) is 1.11. The van der Waals surface area contributed by atoms with Gasteiger partial charge in [0, 0.05) is 18.2 Å². The molecule has 2 atom stereocenters. The molecule has 0 unspecified atom stereocenters. The molecule has 0 saturated carbocycles. The van der Waals surface area contributed by atoms with Crippen molar-refractivity contribution >= 4 is 22.9 Å². The summed E-state index contributed by atoms with van der Waals surface area (Å²) >= 11 is 1.81. The number of aliphatic imine (C=N–C) groups is 1. The van der Waals surface area contributed by atoms with Crippen molar-refractivity contribution < 1.29 is 9.53 Å². The maximum Gasteiger partial charge on any atom is 0.410 e. The molecule has 3 aliphatic rings. The van der Waals surface area contributed by atoms with E-state index >= 15 is 0 Å². The molecule has 34 heavy (non-hydrogen) atoms. The third-order valence-electron chi connectivity index (χ3n) is 7.16. The van der Waals surface area contributed by atoms with Crippen molar-refractivity contribution in [1.29, 1.82) is 0 Å². The van der Waals surface area contributed by atoms with Gasteiger partial charge < -0.3 is 4.74 Å². The Morgan fingerprint density at radius 3 is 2.35 bits per heavy atom. The summed E-state index contributed by atoms with van der Waals surface area (Å²) in [7, 11) is 0. The van der Waals surface area contributed by atoms with Gasteiger partial charge in [0.05, 0.1) is 17.1 Å². The average molecular weight is 469 g/mol. The second-order valence-electron chi connectivity index (χ2n) is 9.28. The largest absolute Gasteiger partial charge is 0.448 e. The fourth-order valence-corrected chi connectivity index (χ4v) is 6.74. The molecule has 172 valence electrons. The second-order valence-corrected chi connectivity index (χ2v) is 10.3. The fourth-order valence-electron chi connectivity index (χ4n) is 5.53. The Bertz CT molecular complexity index is 1180. The normalized spacial score (nSPS) is 21.3. The summed E-state index contributed by atoms with van der Waals surface area (Å²) in [6.07, 6.45) is 2.71. The molecule has 1 amide bonds. The van der Waals surface area contributed by atoms with Crippen LogP contribution < -0.4 is 0 Å². The minimum Gasteiger partial charge on any atom is -0.448 e. The molecule has 4 nitrogen and oxygen atoms in total. The van der Waals surface area contributed by atoms with Gasteiger partial charge in [-0.15, -0.1) is 11.8 Å². The third-order valence-corrected chi connectivity index (χ3v) is 8.38. The molecule has 1 aliphatic carbocycles. The molecular formula is C29H28N2O2S. The zero-order valence-corrected chi connectivity index (χ0v) is 19.9. The first-order valence-corrected chi connectivity index (χ1v) is 13.1. The number of hydrogen-bond acceptors (Lipinski definition) is 4. The van der Waals surface area contributed by atoms with Crippen molar-refractivity contribution in [3.63, 3.8) is 0 Å². The zero-order valence-electron chi connectivity index (χ0n) is 19.1. The van der Waals surface area contributed by atoms with Gasteiger partial charge in [-0.2, -0.15) is 0 Å². The van der Waals surface area contributed by atoms with Crippen molar-refractivity contribution in [3.8, 4) is 11.1 Å². The van der Waals surface area contributed by atoms with Crippen LogP contribution in [0.15, 0.2) is 83.9 Å². The topological polar surface area (TPSA) is 41.9 Å². The van der Waals surface area contributed by atoms with E-state index in [-0.39, 0.29) is 24.1 Å². The van der Waals surface area contributed by atoms with E-state index in [2.05, 4.69) is 72.8 Å². The smallest absolute Gasteiger partial charge is 0.410 e. The van der Waals surface area contributed by atoms with E-state index < -0.39 is 0 Å². The monoisotopic (exact) mass is 468 g/mol. The SMILES string of the molecule is O=C(OCC1c2ccccc2-c2ccccc21)N1CCC[C@H]1C1=N[C@H](Cc2ccccc2)CS1. The molecule has 0 N–H and O–H groups in total. The van der Waals surface area contributed by atoms with Crippen molar-refractivity contribution in [2.75, 3.05) is 18.9 Å². The van der Waals surface area contributed by atoms with Gasteiger partial charge in [0.15, 0.2) is 0 Å². The van der Waals surface area contributed by atoms with E-state index in [1.807, 2.05) is 22.7 Å². The van der Waals surface area contributed by atoms with Crippen LogP contribution >= 0.6 is 11.8 Å². The molecule has 6 rings (SSSR count). The Kier molecular flexibility index (Phi) is 5.88. The maximum absolute atomic E-state index is 13.2. The first-order chi connectivity index (χ1) is 16.8. The lowest BCUT2D eigenvalue weighted by molar-refractivity contribution is 0.103. The molecule has 1 saturated heterocycles. The van der Waals surface area contributed by atoms with Gasteiger partial charge in [-0.3, -0.25) is 9.89 Å². The Morgan fingerprint density at radius 2 is 1.62 bits per heavy atom. The highest BCUT2D eigenvalue weighted by atomic mass is 32.2. The predicted octanol–water partition coefficient (Wildman–Crippen LogP) is 6.16. The zero-order chi connectivity index (χ0) is 22.9. The molecule has 1 fully saturated rings. The van der Waals surface area contributed by atoms with E-state index in [0.717, 1.165) is 36.6 Å². The quantitative estimate of drug-likeness (QED) is 0.451. The highest BCUT2D eigenvalue weighted by molar-refractivity contribution is 8.14. The third kappa shape index (κ3) is 4.03. The summed E-state index contributed by atoms with van der Waals surface area (Å²) in [6, 6.07) is 27.8. The number of hydrogen-bond donors (Lipinski definition) is 0. The molecule has 0 radical (unpaired) electrons.